The Morgan fingerprint density at radius 3 is 2.44 bits per heavy atom. The van der Waals surface area contributed by atoms with Crippen LogP contribution in [0.25, 0.3) is 0 Å². The molecule has 0 aromatic rings. The molecule has 9 heavy (non-hydrogen) atoms. The second-order valence-corrected chi connectivity index (χ2v) is 1.86. The smallest absolute Gasteiger partial charge is 0.232 e. The fourth-order valence-electron chi connectivity index (χ4n) is 0.495. The van der Waals surface area contributed by atoms with Gasteiger partial charge >= 0.3 is 18.9 Å². The Morgan fingerprint density at radius 1 is 1.33 bits per heavy atom. The van der Waals surface area contributed by atoms with E-state index in [0.29, 0.717) is 0 Å². The van der Waals surface area contributed by atoms with Gasteiger partial charge in [-0.2, -0.15) is 0 Å². The molecule has 0 spiro atoms. The third-order valence-corrected chi connectivity index (χ3v) is 0.963. The molecule has 0 fully saturated rings. The van der Waals surface area contributed by atoms with Crippen molar-refractivity contribution in [1.29, 1.82) is 0 Å². The molecule has 0 saturated heterocycles. The molecule has 0 aliphatic rings. The van der Waals surface area contributed by atoms with E-state index in [4.69, 9.17) is 0 Å². The van der Waals surface area contributed by atoms with Crippen LogP contribution in [0.2, 0.25) is 0 Å². The largest absolute Gasteiger partial charge is 1.00 e. The van der Waals surface area contributed by atoms with Crippen LogP contribution in [0.15, 0.2) is 12.2 Å². The molecule has 0 rings (SSSR count). The molecule has 0 aromatic heterocycles. The Hall–Kier alpha value is 0.207. The van der Waals surface area contributed by atoms with Gasteiger partial charge in [-0.25, -0.2) is 18.6 Å². The molecule has 1 heteroatoms. The van der Waals surface area contributed by atoms with Crippen molar-refractivity contribution in [1.82, 2.24) is 0 Å². The fourth-order valence-corrected chi connectivity index (χ4v) is 0.495. The van der Waals surface area contributed by atoms with Gasteiger partial charge in [0.1, 0.15) is 0 Å². The van der Waals surface area contributed by atoms with Gasteiger partial charge in [0, 0.05) is 0 Å². The Labute approximate surface area is 70.9 Å². The van der Waals surface area contributed by atoms with E-state index in [0.717, 1.165) is 6.42 Å². The van der Waals surface area contributed by atoms with E-state index in [1.807, 2.05) is 0 Å². The second kappa shape index (κ2) is 11.1. The summed E-state index contributed by atoms with van der Waals surface area (Å²) in [5, 5.41) is 0. The molecule has 0 saturated carbocycles. The standard InChI is InChI=1S/C8H15.Li/c1-3-5-7-8-6-4-2;/h5,7-8H,3-4,6H2,1-2H3;/q-1;+1. The van der Waals surface area contributed by atoms with E-state index in [2.05, 4.69) is 32.4 Å². The fraction of sp³-hybridized carbons (Fsp3) is 0.625. The summed E-state index contributed by atoms with van der Waals surface area (Å²) < 4.78 is 0. The number of allylic oxidation sites excluding steroid dienone is 2. The van der Waals surface area contributed by atoms with Gasteiger partial charge < -0.3 is 0 Å². The van der Waals surface area contributed by atoms with Crippen LogP contribution >= 0.6 is 0 Å². The Kier molecular flexibility index (Phi) is 14.7. The molecule has 0 aliphatic carbocycles. The quantitative estimate of drug-likeness (QED) is 0.359. The van der Waals surface area contributed by atoms with Gasteiger partial charge in [0.05, 0.1) is 0 Å². The summed E-state index contributed by atoms with van der Waals surface area (Å²) in [6, 6.07) is 0. The summed E-state index contributed by atoms with van der Waals surface area (Å²) in [4.78, 5) is 0. The van der Waals surface area contributed by atoms with Crippen molar-refractivity contribution in [3.05, 3.63) is 18.6 Å². The van der Waals surface area contributed by atoms with Crippen LogP contribution < -0.4 is 18.9 Å². The predicted octanol–water partition coefficient (Wildman–Crippen LogP) is -0.0390. The van der Waals surface area contributed by atoms with Crippen LogP contribution in [-0.2, 0) is 0 Å². The normalized spacial score (nSPS) is 9.11. The summed E-state index contributed by atoms with van der Waals surface area (Å²) in [5.41, 5.74) is 0. The molecule has 0 radical (unpaired) electrons. The first-order valence-electron chi connectivity index (χ1n) is 3.40. The molecule has 0 N–H and O–H groups in total. The van der Waals surface area contributed by atoms with E-state index in [1.165, 1.54) is 12.8 Å². The third kappa shape index (κ3) is 11.7. The molecule has 0 heterocycles. The third-order valence-electron chi connectivity index (χ3n) is 0.963. The SMILES string of the molecule is CC[CH-]C=CCCC.[Li+]. The van der Waals surface area contributed by atoms with Gasteiger partial charge in [-0.3, -0.25) is 0 Å². The number of rotatable bonds is 4. The van der Waals surface area contributed by atoms with Crippen LogP contribution in [0, 0.1) is 6.42 Å². The average molecular weight is 118 g/mol. The van der Waals surface area contributed by atoms with Crippen molar-refractivity contribution in [2.24, 2.45) is 0 Å². The van der Waals surface area contributed by atoms with Crippen LogP contribution in [0.5, 0.6) is 0 Å². The molecule has 0 aromatic carbocycles. The van der Waals surface area contributed by atoms with Crippen molar-refractivity contribution in [3.8, 4) is 0 Å². The van der Waals surface area contributed by atoms with Gasteiger partial charge in [0.15, 0.2) is 0 Å². The Morgan fingerprint density at radius 2 is 2.00 bits per heavy atom. The molecule has 0 bridgehead atoms. The molecule has 0 atom stereocenters. The van der Waals surface area contributed by atoms with Crippen molar-refractivity contribution in [3.63, 3.8) is 0 Å². The summed E-state index contributed by atoms with van der Waals surface area (Å²) in [6.45, 7) is 4.34. The zero-order valence-corrected chi connectivity index (χ0v) is 6.85. The van der Waals surface area contributed by atoms with E-state index in [9.17, 15) is 0 Å². The predicted molar refractivity (Wildman–Crippen MR) is 38.6 cm³/mol. The van der Waals surface area contributed by atoms with Crippen LogP contribution in [0.4, 0.5) is 0 Å². The summed E-state index contributed by atoms with van der Waals surface area (Å²) in [6.07, 6.45) is 10.2. The minimum atomic E-state index is 0. The van der Waals surface area contributed by atoms with Crippen molar-refractivity contribution in [2.75, 3.05) is 0 Å². The minimum Gasteiger partial charge on any atom is -0.232 e. The minimum absolute atomic E-state index is 0. The first-order valence-corrected chi connectivity index (χ1v) is 3.40. The van der Waals surface area contributed by atoms with E-state index >= 15 is 0 Å². The number of hydrogen-bond donors (Lipinski definition) is 0. The van der Waals surface area contributed by atoms with Gasteiger partial charge in [0.2, 0.25) is 0 Å². The van der Waals surface area contributed by atoms with E-state index in [-0.39, 0.29) is 18.9 Å². The number of unbranched alkanes of at least 4 members (excludes halogenated alkanes) is 2. The summed E-state index contributed by atoms with van der Waals surface area (Å²) >= 11 is 0. The molecule has 0 unspecified atom stereocenters. The average Bonchev–Trinajstić information content (AvgIpc) is 1.81. The van der Waals surface area contributed by atoms with E-state index < -0.39 is 0 Å². The molecular weight excluding hydrogens is 103 g/mol. The van der Waals surface area contributed by atoms with Crippen LogP contribution in [0.1, 0.15) is 33.1 Å². The van der Waals surface area contributed by atoms with Crippen molar-refractivity contribution < 1.29 is 18.9 Å². The Bertz CT molecular complexity index is 49.6. The summed E-state index contributed by atoms with van der Waals surface area (Å²) in [7, 11) is 0. The Balaban J connectivity index is 0. The van der Waals surface area contributed by atoms with Gasteiger partial charge in [0.25, 0.3) is 0 Å². The van der Waals surface area contributed by atoms with E-state index in [1.54, 1.807) is 0 Å². The molecule has 0 amide bonds. The molecular formula is C8H15Li. The number of hydrogen-bond acceptors (Lipinski definition) is 0. The first kappa shape index (κ1) is 11.9. The van der Waals surface area contributed by atoms with Crippen molar-refractivity contribution >= 4 is 0 Å². The van der Waals surface area contributed by atoms with Crippen LogP contribution in [-0.4, -0.2) is 0 Å². The van der Waals surface area contributed by atoms with Gasteiger partial charge in [-0.05, 0) is 0 Å². The second-order valence-electron chi connectivity index (χ2n) is 1.86. The zero-order chi connectivity index (χ0) is 6.24. The molecule has 48 valence electrons. The maximum atomic E-state index is 2.21. The topological polar surface area (TPSA) is 0 Å². The summed E-state index contributed by atoms with van der Waals surface area (Å²) in [5.74, 6) is 0. The van der Waals surface area contributed by atoms with Crippen LogP contribution in [0.3, 0.4) is 0 Å². The molecule has 0 nitrogen and oxygen atoms in total. The van der Waals surface area contributed by atoms with Gasteiger partial charge in [-0.15, -0.1) is 12.8 Å². The maximum absolute atomic E-state index is 2.21. The van der Waals surface area contributed by atoms with Gasteiger partial charge in [-0.1, -0.05) is 20.3 Å². The first-order chi connectivity index (χ1) is 3.91. The molecule has 0 aliphatic heterocycles. The van der Waals surface area contributed by atoms with Crippen molar-refractivity contribution in [2.45, 2.75) is 33.1 Å². The monoisotopic (exact) mass is 118 g/mol. The zero-order valence-electron chi connectivity index (χ0n) is 6.85. The maximum Gasteiger partial charge on any atom is 1.00 e.